The topological polar surface area (TPSA) is 81.0 Å². The fourth-order valence-corrected chi connectivity index (χ4v) is 2.84. The van der Waals surface area contributed by atoms with Crippen molar-refractivity contribution in [2.24, 2.45) is 5.92 Å². The quantitative estimate of drug-likeness (QED) is 0.790. The zero-order valence-electron chi connectivity index (χ0n) is 13.1. The first-order valence-corrected chi connectivity index (χ1v) is 7.73. The highest BCUT2D eigenvalue weighted by atomic mass is 16.2. The SMILES string of the molecule is Cc1ccc(C(=O)C2CCN(C(=O)Cn3cnnn3)CC2)cc1. The number of rotatable bonds is 4. The molecule has 0 saturated carbocycles. The third-order valence-corrected chi connectivity index (χ3v) is 4.24. The second-order valence-electron chi connectivity index (χ2n) is 5.89. The average molecular weight is 313 g/mol. The van der Waals surface area contributed by atoms with Crippen LogP contribution in [0, 0.1) is 12.8 Å². The summed E-state index contributed by atoms with van der Waals surface area (Å²) in [5.41, 5.74) is 1.90. The first kappa shape index (κ1) is 15.3. The Labute approximate surface area is 134 Å². The molecule has 0 aliphatic carbocycles. The van der Waals surface area contributed by atoms with Crippen LogP contribution in [-0.4, -0.2) is 49.9 Å². The summed E-state index contributed by atoms with van der Waals surface area (Å²) in [5.74, 6) is 0.158. The van der Waals surface area contributed by atoms with Crippen LogP contribution in [0.3, 0.4) is 0 Å². The molecule has 1 aromatic carbocycles. The van der Waals surface area contributed by atoms with Crippen LogP contribution in [0.15, 0.2) is 30.6 Å². The maximum Gasteiger partial charge on any atom is 0.244 e. The van der Waals surface area contributed by atoms with E-state index in [1.807, 2.05) is 31.2 Å². The van der Waals surface area contributed by atoms with Gasteiger partial charge in [0.2, 0.25) is 5.91 Å². The number of hydrogen-bond donors (Lipinski definition) is 0. The first-order valence-electron chi connectivity index (χ1n) is 7.73. The van der Waals surface area contributed by atoms with Gasteiger partial charge in [0.05, 0.1) is 0 Å². The lowest BCUT2D eigenvalue weighted by molar-refractivity contribution is -0.133. The summed E-state index contributed by atoms with van der Waals surface area (Å²) in [4.78, 5) is 26.5. The predicted octanol–water partition coefficient (Wildman–Crippen LogP) is 1.10. The van der Waals surface area contributed by atoms with Crippen LogP contribution in [-0.2, 0) is 11.3 Å². The Kier molecular flexibility index (Phi) is 4.45. The summed E-state index contributed by atoms with van der Waals surface area (Å²) in [5, 5.41) is 10.7. The molecule has 0 atom stereocenters. The number of Topliss-reactive ketones (excluding diaryl/α,β-unsaturated/α-hetero) is 1. The Morgan fingerprint density at radius 3 is 2.48 bits per heavy atom. The molecule has 1 aliphatic rings. The Bertz CT molecular complexity index is 673. The summed E-state index contributed by atoms with van der Waals surface area (Å²) in [6, 6.07) is 7.68. The molecular weight excluding hydrogens is 294 g/mol. The molecular formula is C16H19N5O2. The van der Waals surface area contributed by atoms with Crippen molar-refractivity contribution in [2.45, 2.75) is 26.3 Å². The number of piperidine rings is 1. The second kappa shape index (κ2) is 6.68. The van der Waals surface area contributed by atoms with Gasteiger partial charge in [-0.3, -0.25) is 9.59 Å². The Morgan fingerprint density at radius 1 is 1.17 bits per heavy atom. The van der Waals surface area contributed by atoms with Gasteiger partial charge >= 0.3 is 0 Å². The van der Waals surface area contributed by atoms with Gasteiger partial charge < -0.3 is 4.90 Å². The largest absolute Gasteiger partial charge is 0.341 e. The van der Waals surface area contributed by atoms with E-state index in [2.05, 4.69) is 15.5 Å². The van der Waals surface area contributed by atoms with Crippen molar-refractivity contribution in [2.75, 3.05) is 13.1 Å². The predicted molar refractivity (Wildman–Crippen MR) is 82.6 cm³/mol. The number of tetrazole rings is 1. The van der Waals surface area contributed by atoms with Crippen molar-refractivity contribution >= 4 is 11.7 Å². The van der Waals surface area contributed by atoms with E-state index < -0.39 is 0 Å². The van der Waals surface area contributed by atoms with E-state index in [1.54, 1.807) is 4.90 Å². The molecule has 0 N–H and O–H groups in total. The normalized spacial score (nSPS) is 15.6. The van der Waals surface area contributed by atoms with Gasteiger partial charge in [-0.15, -0.1) is 5.10 Å². The number of aryl methyl sites for hydroxylation is 1. The molecule has 1 aliphatic heterocycles. The molecule has 2 heterocycles. The Hall–Kier alpha value is -2.57. The molecule has 23 heavy (non-hydrogen) atoms. The third kappa shape index (κ3) is 3.61. The highest BCUT2D eigenvalue weighted by Gasteiger charge is 2.28. The molecule has 3 rings (SSSR count). The van der Waals surface area contributed by atoms with E-state index in [9.17, 15) is 9.59 Å². The summed E-state index contributed by atoms with van der Waals surface area (Å²) in [7, 11) is 0. The third-order valence-electron chi connectivity index (χ3n) is 4.24. The lowest BCUT2D eigenvalue weighted by Crippen LogP contribution is -2.41. The lowest BCUT2D eigenvalue weighted by atomic mass is 9.88. The van der Waals surface area contributed by atoms with E-state index >= 15 is 0 Å². The van der Waals surface area contributed by atoms with Gasteiger partial charge in [-0.1, -0.05) is 29.8 Å². The number of aromatic nitrogens is 4. The molecule has 120 valence electrons. The molecule has 1 saturated heterocycles. The zero-order valence-corrected chi connectivity index (χ0v) is 13.1. The maximum absolute atomic E-state index is 12.5. The highest BCUT2D eigenvalue weighted by Crippen LogP contribution is 2.22. The molecule has 1 aromatic heterocycles. The standard InChI is InChI=1S/C16H19N5O2/c1-12-2-4-13(5-3-12)16(23)14-6-8-20(9-7-14)15(22)10-21-11-17-18-19-21/h2-5,11,14H,6-10H2,1H3. The van der Waals surface area contributed by atoms with Gasteiger partial charge in [0, 0.05) is 24.6 Å². The molecule has 1 fully saturated rings. The number of nitrogens with zero attached hydrogens (tertiary/aromatic N) is 5. The van der Waals surface area contributed by atoms with Crippen LogP contribution in [0.25, 0.3) is 0 Å². The Morgan fingerprint density at radius 2 is 1.87 bits per heavy atom. The molecule has 2 aromatic rings. The van der Waals surface area contributed by atoms with Gasteiger partial charge in [-0.05, 0) is 30.2 Å². The summed E-state index contributed by atoms with van der Waals surface area (Å²) in [6.45, 7) is 3.35. The van der Waals surface area contributed by atoms with Gasteiger partial charge in [0.15, 0.2) is 5.78 Å². The summed E-state index contributed by atoms with van der Waals surface area (Å²) < 4.78 is 1.41. The van der Waals surface area contributed by atoms with E-state index in [1.165, 1.54) is 11.0 Å². The number of likely N-dealkylation sites (tertiary alicyclic amines) is 1. The number of carbonyl (C=O) groups is 2. The van der Waals surface area contributed by atoms with Crippen molar-refractivity contribution in [1.82, 2.24) is 25.1 Å². The van der Waals surface area contributed by atoms with Gasteiger partial charge in [-0.25, -0.2) is 4.68 Å². The van der Waals surface area contributed by atoms with Crippen molar-refractivity contribution in [1.29, 1.82) is 0 Å². The van der Waals surface area contributed by atoms with E-state index in [0.717, 1.165) is 11.1 Å². The molecule has 7 heteroatoms. The summed E-state index contributed by atoms with van der Waals surface area (Å²) >= 11 is 0. The number of benzene rings is 1. The van der Waals surface area contributed by atoms with Crippen LogP contribution in [0.4, 0.5) is 0 Å². The fraction of sp³-hybridized carbons (Fsp3) is 0.438. The molecule has 1 amide bonds. The fourth-order valence-electron chi connectivity index (χ4n) is 2.84. The average Bonchev–Trinajstić information content (AvgIpc) is 3.08. The van der Waals surface area contributed by atoms with Crippen molar-refractivity contribution in [3.05, 3.63) is 41.7 Å². The van der Waals surface area contributed by atoms with Crippen molar-refractivity contribution < 1.29 is 9.59 Å². The van der Waals surface area contributed by atoms with Gasteiger partial charge in [0.1, 0.15) is 12.9 Å². The lowest BCUT2D eigenvalue weighted by Gasteiger charge is -2.31. The minimum atomic E-state index is -0.0152. The molecule has 0 radical (unpaired) electrons. The molecule has 7 nitrogen and oxygen atoms in total. The van der Waals surface area contributed by atoms with Crippen LogP contribution in [0.2, 0.25) is 0 Å². The number of hydrogen-bond acceptors (Lipinski definition) is 5. The highest BCUT2D eigenvalue weighted by molar-refractivity contribution is 5.98. The van der Waals surface area contributed by atoms with Crippen molar-refractivity contribution in [3.8, 4) is 0 Å². The number of amides is 1. The van der Waals surface area contributed by atoms with Gasteiger partial charge in [0.25, 0.3) is 0 Å². The van der Waals surface area contributed by atoms with Gasteiger partial charge in [-0.2, -0.15) is 0 Å². The monoisotopic (exact) mass is 313 g/mol. The van der Waals surface area contributed by atoms with E-state index in [-0.39, 0.29) is 24.2 Å². The first-order chi connectivity index (χ1) is 11.1. The van der Waals surface area contributed by atoms with Crippen LogP contribution in [0.5, 0.6) is 0 Å². The molecule has 0 bridgehead atoms. The van der Waals surface area contributed by atoms with E-state index in [4.69, 9.17) is 0 Å². The Balaban J connectivity index is 1.54. The minimum Gasteiger partial charge on any atom is -0.341 e. The van der Waals surface area contributed by atoms with Crippen molar-refractivity contribution in [3.63, 3.8) is 0 Å². The zero-order chi connectivity index (χ0) is 16.2. The van der Waals surface area contributed by atoms with E-state index in [0.29, 0.717) is 25.9 Å². The smallest absolute Gasteiger partial charge is 0.244 e. The van der Waals surface area contributed by atoms with Crippen LogP contribution in [0.1, 0.15) is 28.8 Å². The maximum atomic E-state index is 12.5. The van der Waals surface area contributed by atoms with Crippen LogP contribution < -0.4 is 0 Å². The number of carbonyl (C=O) groups excluding carboxylic acids is 2. The molecule has 0 spiro atoms. The number of ketones is 1. The summed E-state index contributed by atoms with van der Waals surface area (Å²) in [6.07, 6.45) is 2.83. The molecule has 0 unspecified atom stereocenters. The van der Waals surface area contributed by atoms with Crippen LogP contribution >= 0.6 is 0 Å². The minimum absolute atomic E-state index is 0.00482. The second-order valence-corrected chi connectivity index (χ2v) is 5.89.